The van der Waals surface area contributed by atoms with E-state index in [-0.39, 0.29) is 18.3 Å². The molecule has 0 unspecified atom stereocenters. The summed E-state index contributed by atoms with van der Waals surface area (Å²) < 4.78 is 30.2. The average molecular weight is 749 g/mol. The van der Waals surface area contributed by atoms with E-state index < -0.39 is 0 Å². The molecular weight excluding hydrogens is 683 g/mol. The van der Waals surface area contributed by atoms with Crippen LogP contribution < -0.4 is 19.7 Å². The lowest BCUT2D eigenvalue weighted by atomic mass is 9.79. The lowest BCUT2D eigenvalue weighted by Crippen LogP contribution is -2.41. The van der Waals surface area contributed by atoms with Gasteiger partial charge in [0.2, 0.25) is 0 Å². The number of pyridine rings is 2. The van der Waals surface area contributed by atoms with E-state index in [1.54, 1.807) is 0 Å². The molecule has 0 spiro atoms. The van der Waals surface area contributed by atoms with Gasteiger partial charge in [-0.3, -0.25) is 9.97 Å². The fraction of sp³-hybridized carbons (Fsp3) is 0.532. The number of hydrogen-bond donors (Lipinski definition) is 0. The van der Waals surface area contributed by atoms with Crippen LogP contribution in [0.5, 0.6) is 17.2 Å². The molecule has 0 saturated carbocycles. The number of unbranched alkanes of at least 4 members (excludes halogenated alkanes) is 13. The molecule has 0 bridgehead atoms. The molecule has 3 heterocycles. The van der Waals surface area contributed by atoms with Gasteiger partial charge in [0.05, 0.1) is 42.4 Å². The molecule has 8 heteroatoms. The molecule has 1 saturated heterocycles. The second-order valence-corrected chi connectivity index (χ2v) is 16.0. The highest BCUT2D eigenvalue weighted by molar-refractivity contribution is 6.62. The number of hydrogen-bond acceptors (Lipinski definition) is 7. The highest BCUT2D eigenvalue weighted by Crippen LogP contribution is 2.36. The molecule has 2 aromatic heterocycles. The first-order valence-electron chi connectivity index (χ1n) is 21.1. The zero-order valence-corrected chi connectivity index (χ0v) is 34.1. The van der Waals surface area contributed by atoms with Crippen molar-refractivity contribution in [1.82, 2.24) is 9.97 Å². The third-order valence-corrected chi connectivity index (χ3v) is 10.9. The third kappa shape index (κ3) is 14.6. The summed E-state index contributed by atoms with van der Waals surface area (Å²) in [5.74, 6) is 2.75. The predicted molar refractivity (Wildman–Crippen MR) is 226 cm³/mol. The van der Waals surface area contributed by atoms with Crippen LogP contribution in [0.3, 0.4) is 0 Å². The van der Waals surface area contributed by atoms with Crippen LogP contribution in [0.4, 0.5) is 0 Å². The van der Waals surface area contributed by atoms with Crippen molar-refractivity contribution in [3.63, 3.8) is 0 Å². The van der Waals surface area contributed by atoms with E-state index in [0.717, 1.165) is 79.6 Å². The predicted octanol–water partition coefficient (Wildman–Crippen LogP) is 11.4. The minimum Gasteiger partial charge on any atom is -0.494 e. The Hall–Kier alpha value is -3.88. The molecule has 55 heavy (non-hydrogen) atoms. The maximum atomic E-state index is 6.15. The van der Waals surface area contributed by atoms with Crippen LogP contribution in [0, 0.1) is 0 Å². The van der Waals surface area contributed by atoms with Gasteiger partial charge in [-0.2, -0.15) is 0 Å². The summed E-state index contributed by atoms with van der Waals surface area (Å²) >= 11 is 0. The lowest BCUT2D eigenvalue weighted by Gasteiger charge is -2.32. The van der Waals surface area contributed by atoms with Gasteiger partial charge in [-0.15, -0.1) is 0 Å². The molecule has 2 aromatic carbocycles. The molecule has 0 atom stereocenters. The highest BCUT2D eigenvalue weighted by Gasteiger charge is 2.51. The molecule has 296 valence electrons. The van der Waals surface area contributed by atoms with Crippen LogP contribution in [0.1, 0.15) is 130 Å². The summed E-state index contributed by atoms with van der Waals surface area (Å²) in [7, 11) is -0.332. The molecule has 0 N–H and O–H groups in total. The van der Waals surface area contributed by atoms with Crippen LogP contribution in [-0.4, -0.2) is 48.1 Å². The van der Waals surface area contributed by atoms with Crippen molar-refractivity contribution in [2.75, 3.05) is 19.8 Å². The third-order valence-electron chi connectivity index (χ3n) is 10.9. The minimum atomic E-state index is -0.332. The standard InChI is InChI=1S/C47H65BN2O5/c1-46(2)47(3,4)55-48(54-46)40-25-27-41(28-26-40)51-35-19-13-9-5-6-10-14-20-36-52-42-29-31-43(32-30-42)53-37-21-15-11-7-8-12-16-22-39-24-33-45(50-38-39)44-23-17-18-34-49-44/h17-18,23-34,38H,5-16,19-22,35-37H2,1-4H3. The van der Waals surface area contributed by atoms with Gasteiger partial charge in [-0.05, 0) is 125 Å². The summed E-state index contributed by atoms with van der Waals surface area (Å²) in [5, 5.41) is 0. The minimum absolute atomic E-state index is 0.329. The summed E-state index contributed by atoms with van der Waals surface area (Å²) in [6.45, 7) is 10.6. The van der Waals surface area contributed by atoms with Crippen molar-refractivity contribution < 1.29 is 23.5 Å². The van der Waals surface area contributed by atoms with Crippen LogP contribution in [0.2, 0.25) is 0 Å². The van der Waals surface area contributed by atoms with E-state index in [4.69, 9.17) is 23.5 Å². The SMILES string of the molecule is CC1(C)OB(c2ccc(OCCCCCCCCCCOc3ccc(OCCCCCCCCCc4ccc(-c5ccccn5)nc4)cc3)cc2)OC1(C)C. The number of rotatable bonds is 26. The van der Waals surface area contributed by atoms with Crippen LogP contribution in [0.25, 0.3) is 11.4 Å². The van der Waals surface area contributed by atoms with Crippen molar-refractivity contribution in [2.24, 2.45) is 0 Å². The van der Waals surface area contributed by atoms with E-state index in [2.05, 4.69) is 49.8 Å². The molecule has 0 radical (unpaired) electrons. The first-order valence-corrected chi connectivity index (χ1v) is 21.1. The van der Waals surface area contributed by atoms with Crippen molar-refractivity contribution in [3.8, 4) is 28.6 Å². The Morgan fingerprint density at radius 2 is 0.909 bits per heavy atom. The van der Waals surface area contributed by atoms with Crippen molar-refractivity contribution >= 4 is 12.6 Å². The zero-order valence-electron chi connectivity index (χ0n) is 34.1. The topological polar surface area (TPSA) is 71.9 Å². The van der Waals surface area contributed by atoms with E-state index >= 15 is 0 Å². The summed E-state index contributed by atoms with van der Waals surface area (Å²) in [4.78, 5) is 8.97. The van der Waals surface area contributed by atoms with Gasteiger partial charge in [0, 0.05) is 12.4 Å². The normalized spacial score (nSPS) is 14.6. The molecule has 1 aliphatic rings. The number of benzene rings is 2. The second-order valence-electron chi connectivity index (χ2n) is 16.0. The van der Waals surface area contributed by atoms with E-state index in [9.17, 15) is 0 Å². The van der Waals surface area contributed by atoms with Gasteiger partial charge >= 0.3 is 7.12 Å². The molecule has 0 aliphatic carbocycles. The van der Waals surface area contributed by atoms with E-state index in [1.807, 2.05) is 79.1 Å². The van der Waals surface area contributed by atoms with Crippen LogP contribution in [0.15, 0.2) is 91.3 Å². The molecule has 1 fully saturated rings. The fourth-order valence-electron chi connectivity index (χ4n) is 6.72. The Morgan fingerprint density at radius 3 is 1.35 bits per heavy atom. The Balaban J connectivity index is 0.773. The average Bonchev–Trinajstić information content (AvgIpc) is 3.42. The second kappa shape index (κ2) is 22.6. The van der Waals surface area contributed by atoms with Gasteiger partial charge in [-0.25, -0.2) is 0 Å². The smallest absolute Gasteiger partial charge is 0.494 e. The molecule has 1 aliphatic heterocycles. The Labute approximate surface area is 332 Å². The molecule has 5 rings (SSSR count). The summed E-state index contributed by atoms with van der Waals surface area (Å²) in [5.41, 5.74) is 3.54. The summed E-state index contributed by atoms with van der Waals surface area (Å²) in [6.07, 6.45) is 23.3. The Kier molecular flexibility index (Phi) is 17.4. The number of aromatic nitrogens is 2. The first-order chi connectivity index (χ1) is 26.8. The van der Waals surface area contributed by atoms with Crippen molar-refractivity contribution in [3.05, 3.63) is 96.8 Å². The van der Waals surface area contributed by atoms with Crippen molar-refractivity contribution in [2.45, 2.75) is 142 Å². The largest absolute Gasteiger partial charge is 0.494 e. The maximum absolute atomic E-state index is 6.15. The van der Waals surface area contributed by atoms with Gasteiger partial charge in [-0.1, -0.05) is 94.9 Å². The monoisotopic (exact) mass is 748 g/mol. The number of aryl methyl sites for hydroxylation is 1. The quantitative estimate of drug-likeness (QED) is 0.0468. The molecule has 0 amide bonds. The van der Waals surface area contributed by atoms with Crippen LogP contribution >= 0.6 is 0 Å². The Bertz CT molecular complexity index is 1600. The van der Waals surface area contributed by atoms with E-state index in [1.165, 1.54) is 82.6 Å². The zero-order chi connectivity index (χ0) is 38.6. The Morgan fingerprint density at radius 1 is 0.473 bits per heavy atom. The lowest BCUT2D eigenvalue weighted by molar-refractivity contribution is 0.00578. The first kappa shape index (κ1) is 42.3. The van der Waals surface area contributed by atoms with Gasteiger partial charge in [0.25, 0.3) is 0 Å². The number of ether oxygens (including phenoxy) is 3. The molecule has 4 aromatic rings. The fourth-order valence-corrected chi connectivity index (χ4v) is 6.72. The molecule has 7 nitrogen and oxygen atoms in total. The maximum Gasteiger partial charge on any atom is 0.494 e. The van der Waals surface area contributed by atoms with Gasteiger partial charge in [0.15, 0.2) is 0 Å². The van der Waals surface area contributed by atoms with E-state index in [0.29, 0.717) is 0 Å². The van der Waals surface area contributed by atoms with Gasteiger partial charge < -0.3 is 23.5 Å². The number of nitrogens with zero attached hydrogens (tertiary/aromatic N) is 2. The highest BCUT2D eigenvalue weighted by atomic mass is 16.7. The molecular formula is C47H65BN2O5. The van der Waals surface area contributed by atoms with Crippen molar-refractivity contribution in [1.29, 1.82) is 0 Å². The van der Waals surface area contributed by atoms with Gasteiger partial charge in [0.1, 0.15) is 17.2 Å². The van der Waals surface area contributed by atoms with Crippen LogP contribution in [-0.2, 0) is 15.7 Å². The summed E-state index contributed by atoms with van der Waals surface area (Å²) in [6, 6.07) is 26.4.